The molecule has 5 nitrogen and oxygen atoms in total. The average Bonchev–Trinajstić information content (AvgIpc) is 3.37. The lowest BCUT2D eigenvalue weighted by atomic mass is 9.89. The van der Waals surface area contributed by atoms with Gasteiger partial charge in [0, 0.05) is 5.56 Å². The van der Waals surface area contributed by atoms with Crippen LogP contribution in [-0.2, 0) is 17.7 Å². The van der Waals surface area contributed by atoms with Crippen LogP contribution in [0.25, 0.3) is 16.7 Å². The first-order valence-electron chi connectivity index (χ1n) is 13.6. The number of benzene rings is 2. The van der Waals surface area contributed by atoms with Gasteiger partial charge in [0.25, 0.3) is 0 Å². The van der Waals surface area contributed by atoms with Crippen molar-refractivity contribution in [1.82, 2.24) is 5.32 Å². The zero-order valence-corrected chi connectivity index (χ0v) is 22.1. The van der Waals surface area contributed by atoms with E-state index in [0.29, 0.717) is 23.5 Å². The number of unbranched alkanes of at least 4 members (excludes halogenated alkanes) is 2. The SMILES string of the molecule is C=C(C)c1ccc(C)cc1-c1c(O)cc(CCCCC)c(CNC(=O)OC2(C3CCCC3)CC2)c1O. The summed E-state index contributed by atoms with van der Waals surface area (Å²) in [5.41, 5.74) is 5.05. The van der Waals surface area contributed by atoms with Crippen molar-refractivity contribution >= 4 is 11.7 Å². The van der Waals surface area contributed by atoms with E-state index in [-0.39, 0.29) is 23.6 Å². The van der Waals surface area contributed by atoms with Crippen LogP contribution >= 0.6 is 0 Å². The second-order valence-corrected chi connectivity index (χ2v) is 10.8. The van der Waals surface area contributed by atoms with E-state index in [4.69, 9.17) is 4.74 Å². The Hall–Kier alpha value is -2.95. The number of carbonyl (C=O) groups excluding carboxylic acids is 1. The van der Waals surface area contributed by atoms with Crippen LogP contribution in [0.4, 0.5) is 4.79 Å². The second kappa shape index (κ2) is 11.0. The smallest absolute Gasteiger partial charge is 0.407 e. The first-order chi connectivity index (χ1) is 17.3. The Balaban J connectivity index is 1.63. The fourth-order valence-electron chi connectivity index (χ4n) is 5.79. The van der Waals surface area contributed by atoms with Crippen molar-refractivity contribution < 1.29 is 19.7 Å². The lowest BCUT2D eigenvalue weighted by molar-refractivity contribution is 0.0441. The monoisotopic (exact) mass is 491 g/mol. The fourth-order valence-corrected chi connectivity index (χ4v) is 5.79. The summed E-state index contributed by atoms with van der Waals surface area (Å²) in [4.78, 5) is 12.8. The molecule has 2 aromatic carbocycles. The summed E-state index contributed by atoms with van der Waals surface area (Å²) >= 11 is 0. The van der Waals surface area contributed by atoms with E-state index in [1.165, 1.54) is 12.8 Å². The standard InChI is InChI=1S/C31H41NO4/c1-5-6-7-10-22-18-27(33)28(25-17-21(4)13-14-24(25)20(2)3)29(34)26(22)19-32-30(35)36-31(15-16-31)23-11-8-9-12-23/h13-14,17-18,23,33-34H,2,5-12,15-16,19H2,1,3-4H3,(H,32,35). The normalized spacial score (nSPS) is 16.6. The number of carbonyl (C=O) groups is 1. The van der Waals surface area contributed by atoms with Gasteiger partial charge in [0.1, 0.15) is 17.1 Å². The largest absolute Gasteiger partial charge is 0.507 e. The van der Waals surface area contributed by atoms with Crippen LogP contribution in [0.15, 0.2) is 30.8 Å². The average molecular weight is 492 g/mol. The summed E-state index contributed by atoms with van der Waals surface area (Å²) in [6.07, 6.45) is 9.96. The van der Waals surface area contributed by atoms with Gasteiger partial charge < -0.3 is 20.3 Å². The van der Waals surface area contributed by atoms with Crippen molar-refractivity contribution in [2.24, 2.45) is 5.92 Å². The molecule has 0 heterocycles. The highest BCUT2D eigenvalue weighted by atomic mass is 16.6. The number of nitrogens with one attached hydrogen (secondary N) is 1. The third kappa shape index (κ3) is 5.55. The summed E-state index contributed by atoms with van der Waals surface area (Å²) in [6.45, 7) is 10.3. The van der Waals surface area contributed by atoms with E-state index in [2.05, 4.69) is 18.8 Å². The molecule has 194 valence electrons. The number of amides is 1. The van der Waals surface area contributed by atoms with Crippen molar-refractivity contribution in [3.63, 3.8) is 0 Å². The second-order valence-electron chi connectivity index (χ2n) is 10.8. The van der Waals surface area contributed by atoms with Crippen LogP contribution < -0.4 is 5.32 Å². The molecule has 2 aromatic rings. The first-order valence-corrected chi connectivity index (χ1v) is 13.6. The number of allylic oxidation sites excluding steroid dienone is 1. The third-order valence-electron chi connectivity index (χ3n) is 7.98. The van der Waals surface area contributed by atoms with Crippen LogP contribution in [0.2, 0.25) is 0 Å². The number of hydrogen-bond donors (Lipinski definition) is 3. The molecule has 2 aliphatic carbocycles. The number of alkyl carbamates (subject to hydrolysis) is 1. The summed E-state index contributed by atoms with van der Waals surface area (Å²) in [5.74, 6) is 0.520. The van der Waals surface area contributed by atoms with Crippen LogP contribution in [0.5, 0.6) is 11.5 Å². The molecule has 2 aliphatic rings. The number of aromatic hydroxyl groups is 2. The maximum atomic E-state index is 12.8. The molecule has 0 radical (unpaired) electrons. The summed E-state index contributed by atoms with van der Waals surface area (Å²) in [7, 11) is 0. The summed E-state index contributed by atoms with van der Waals surface area (Å²) < 4.78 is 5.95. The molecule has 0 spiro atoms. The topological polar surface area (TPSA) is 78.8 Å². The first kappa shape index (κ1) is 26.1. The Bertz CT molecular complexity index is 1130. The van der Waals surface area contributed by atoms with Gasteiger partial charge in [-0.2, -0.15) is 0 Å². The Morgan fingerprint density at radius 3 is 2.53 bits per heavy atom. The van der Waals surface area contributed by atoms with E-state index in [1.54, 1.807) is 6.07 Å². The van der Waals surface area contributed by atoms with E-state index in [0.717, 1.165) is 72.8 Å². The van der Waals surface area contributed by atoms with Crippen molar-refractivity contribution in [1.29, 1.82) is 0 Å². The molecular weight excluding hydrogens is 450 g/mol. The number of rotatable bonds is 10. The summed E-state index contributed by atoms with van der Waals surface area (Å²) in [6, 6.07) is 7.67. The number of ether oxygens (including phenoxy) is 1. The molecule has 2 fully saturated rings. The maximum absolute atomic E-state index is 12.8. The number of hydrogen-bond acceptors (Lipinski definition) is 4. The van der Waals surface area contributed by atoms with Gasteiger partial charge in [-0.1, -0.05) is 68.5 Å². The van der Waals surface area contributed by atoms with Gasteiger partial charge in [0.05, 0.1) is 12.1 Å². The molecule has 1 amide bonds. The Morgan fingerprint density at radius 2 is 1.89 bits per heavy atom. The van der Waals surface area contributed by atoms with Gasteiger partial charge in [-0.3, -0.25) is 0 Å². The minimum absolute atomic E-state index is 0.00632. The third-order valence-corrected chi connectivity index (χ3v) is 7.98. The van der Waals surface area contributed by atoms with Gasteiger partial charge in [-0.25, -0.2) is 4.79 Å². The van der Waals surface area contributed by atoms with Crippen molar-refractivity contribution in [3.05, 3.63) is 53.1 Å². The molecule has 0 unspecified atom stereocenters. The molecule has 0 bridgehead atoms. The highest BCUT2D eigenvalue weighted by Gasteiger charge is 2.53. The van der Waals surface area contributed by atoms with E-state index < -0.39 is 6.09 Å². The number of phenolic OH excluding ortho intramolecular Hbond substituents is 2. The minimum Gasteiger partial charge on any atom is -0.507 e. The molecule has 0 atom stereocenters. The van der Waals surface area contributed by atoms with Crippen LogP contribution in [0.1, 0.15) is 93.9 Å². The number of aryl methyl sites for hydroxylation is 2. The molecule has 36 heavy (non-hydrogen) atoms. The van der Waals surface area contributed by atoms with Crippen molar-refractivity contribution in [2.75, 3.05) is 0 Å². The van der Waals surface area contributed by atoms with Gasteiger partial charge >= 0.3 is 6.09 Å². The highest BCUT2D eigenvalue weighted by molar-refractivity contribution is 5.87. The van der Waals surface area contributed by atoms with E-state index in [9.17, 15) is 15.0 Å². The molecule has 3 N–H and O–H groups in total. The maximum Gasteiger partial charge on any atom is 0.407 e. The van der Waals surface area contributed by atoms with E-state index >= 15 is 0 Å². The zero-order chi connectivity index (χ0) is 25.9. The fraction of sp³-hybridized carbons (Fsp3) is 0.516. The van der Waals surface area contributed by atoms with E-state index in [1.807, 2.05) is 32.0 Å². The minimum atomic E-state index is -0.425. The molecular formula is C31H41NO4. The highest BCUT2D eigenvalue weighted by Crippen LogP contribution is 2.52. The Labute approximate surface area is 215 Å². The molecule has 0 aromatic heterocycles. The lowest BCUT2D eigenvalue weighted by Crippen LogP contribution is -2.33. The summed E-state index contributed by atoms with van der Waals surface area (Å²) in [5, 5.41) is 25.5. The van der Waals surface area contributed by atoms with Crippen LogP contribution in [0, 0.1) is 12.8 Å². The molecule has 2 saturated carbocycles. The Morgan fingerprint density at radius 1 is 1.17 bits per heavy atom. The quantitative estimate of drug-likeness (QED) is 0.296. The molecule has 0 saturated heterocycles. The van der Waals surface area contributed by atoms with Gasteiger partial charge in [-0.05, 0) is 81.0 Å². The molecule has 0 aliphatic heterocycles. The predicted octanol–water partition coefficient (Wildman–Crippen LogP) is 7.79. The zero-order valence-electron chi connectivity index (χ0n) is 22.1. The van der Waals surface area contributed by atoms with Crippen molar-refractivity contribution in [2.45, 2.75) is 97.1 Å². The van der Waals surface area contributed by atoms with Gasteiger partial charge in [0.15, 0.2) is 0 Å². The molecule has 4 rings (SSSR count). The van der Waals surface area contributed by atoms with Crippen LogP contribution in [0.3, 0.4) is 0 Å². The van der Waals surface area contributed by atoms with Crippen molar-refractivity contribution in [3.8, 4) is 22.6 Å². The lowest BCUT2D eigenvalue weighted by Gasteiger charge is -2.24. The Kier molecular flexibility index (Phi) is 7.97. The predicted molar refractivity (Wildman–Crippen MR) is 145 cm³/mol. The number of phenols is 2. The molecule has 5 heteroatoms. The van der Waals surface area contributed by atoms with Crippen LogP contribution in [-0.4, -0.2) is 21.9 Å². The van der Waals surface area contributed by atoms with Gasteiger partial charge in [-0.15, -0.1) is 0 Å². The van der Waals surface area contributed by atoms with Gasteiger partial charge in [0.2, 0.25) is 0 Å².